The first-order valence-corrected chi connectivity index (χ1v) is 9.84. The molecule has 6 nitrogen and oxygen atoms in total. The maximum absolute atomic E-state index is 12.8. The van der Waals surface area contributed by atoms with Crippen molar-refractivity contribution in [2.24, 2.45) is 0 Å². The number of ketones is 1. The summed E-state index contributed by atoms with van der Waals surface area (Å²) in [7, 11) is 0. The van der Waals surface area contributed by atoms with Crippen molar-refractivity contribution in [3.05, 3.63) is 52.3 Å². The third-order valence-electron chi connectivity index (χ3n) is 5.39. The summed E-state index contributed by atoms with van der Waals surface area (Å²) in [6, 6.07) is 8.40. The first kappa shape index (κ1) is 20.1. The summed E-state index contributed by atoms with van der Waals surface area (Å²) in [4.78, 5) is 32.6. The van der Waals surface area contributed by atoms with Gasteiger partial charge in [0.1, 0.15) is 0 Å². The number of ether oxygens (including phenoxy) is 1. The van der Waals surface area contributed by atoms with Crippen LogP contribution in [0.4, 0.5) is 5.69 Å². The fourth-order valence-electron chi connectivity index (χ4n) is 3.89. The van der Waals surface area contributed by atoms with Gasteiger partial charge in [-0.2, -0.15) is 0 Å². The number of hydrogen-bond donors (Lipinski definition) is 1. The minimum Gasteiger partial charge on any atom is -0.462 e. The monoisotopic (exact) mass is 383 g/mol. The minimum atomic E-state index is -0.375. The number of aryl methyl sites for hydroxylation is 2. The number of aromatic nitrogens is 1. The van der Waals surface area contributed by atoms with E-state index in [1.807, 2.05) is 0 Å². The lowest BCUT2D eigenvalue weighted by Gasteiger charge is -2.36. The van der Waals surface area contributed by atoms with E-state index in [2.05, 4.69) is 46.0 Å². The number of para-hydroxylation sites is 1. The lowest BCUT2D eigenvalue weighted by Crippen LogP contribution is -2.48. The van der Waals surface area contributed by atoms with Crippen LogP contribution in [-0.2, 0) is 4.74 Å². The zero-order valence-corrected chi connectivity index (χ0v) is 17.2. The molecule has 28 heavy (non-hydrogen) atoms. The lowest BCUT2D eigenvalue weighted by molar-refractivity contribution is 0.0525. The van der Waals surface area contributed by atoms with E-state index in [1.54, 1.807) is 20.8 Å². The molecule has 1 aliphatic rings. The van der Waals surface area contributed by atoms with Crippen molar-refractivity contribution in [3.8, 4) is 0 Å². The molecule has 0 atom stereocenters. The van der Waals surface area contributed by atoms with E-state index in [-0.39, 0.29) is 11.8 Å². The lowest BCUT2D eigenvalue weighted by atomic mass is 10.1. The van der Waals surface area contributed by atoms with E-state index >= 15 is 0 Å². The largest absolute Gasteiger partial charge is 0.462 e. The van der Waals surface area contributed by atoms with Gasteiger partial charge in [0.2, 0.25) is 0 Å². The summed E-state index contributed by atoms with van der Waals surface area (Å²) in [5.41, 5.74) is 4.90. The molecule has 0 amide bonds. The second-order valence-electron chi connectivity index (χ2n) is 7.32. The van der Waals surface area contributed by atoms with Crippen molar-refractivity contribution < 1.29 is 14.3 Å². The Labute approximate surface area is 166 Å². The first-order chi connectivity index (χ1) is 13.4. The minimum absolute atomic E-state index is 0.0143. The molecule has 2 heterocycles. The molecule has 2 aromatic rings. The van der Waals surface area contributed by atoms with Crippen molar-refractivity contribution in [3.63, 3.8) is 0 Å². The van der Waals surface area contributed by atoms with Gasteiger partial charge in [-0.15, -0.1) is 0 Å². The number of carbonyl (C=O) groups is 2. The number of benzene rings is 1. The number of nitrogens with one attached hydrogen (secondary N) is 1. The molecule has 0 spiro atoms. The zero-order valence-electron chi connectivity index (χ0n) is 17.2. The number of H-pyrrole nitrogens is 1. The molecule has 150 valence electrons. The van der Waals surface area contributed by atoms with Crippen LogP contribution >= 0.6 is 0 Å². The number of aromatic amines is 1. The number of piperazine rings is 1. The van der Waals surface area contributed by atoms with E-state index in [1.165, 1.54) is 11.3 Å². The second-order valence-corrected chi connectivity index (χ2v) is 7.32. The Balaban J connectivity index is 1.63. The van der Waals surface area contributed by atoms with E-state index in [0.717, 1.165) is 26.2 Å². The molecule has 0 bridgehead atoms. The molecular formula is C22H29N3O3. The quantitative estimate of drug-likeness (QED) is 0.613. The van der Waals surface area contributed by atoms with Crippen molar-refractivity contribution in [2.45, 2.75) is 27.7 Å². The Morgan fingerprint density at radius 3 is 2.39 bits per heavy atom. The van der Waals surface area contributed by atoms with Crippen molar-refractivity contribution >= 4 is 17.4 Å². The molecule has 3 rings (SSSR count). The van der Waals surface area contributed by atoms with Crippen LogP contribution in [0.1, 0.15) is 44.6 Å². The smallest absolute Gasteiger partial charge is 0.340 e. The summed E-state index contributed by atoms with van der Waals surface area (Å²) in [6.07, 6.45) is 0. The fraction of sp³-hybridized carbons (Fsp3) is 0.455. The van der Waals surface area contributed by atoms with Crippen molar-refractivity contribution in [1.82, 2.24) is 9.88 Å². The van der Waals surface area contributed by atoms with Gasteiger partial charge < -0.3 is 14.6 Å². The number of esters is 1. The molecular weight excluding hydrogens is 354 g/mol. The zero-order chi connectivity index (χ0) is 20.3. The van der Waals surface area contributed by atoms with Crippen LogP contribution in [0.3, 0.4) is 0 Å². The van der Waals surface area contributed by atoms with Crippen LogP contribution < -0.4 is 4.90 Å². The highest BCUT2D eigenvalue weighted by atomic mass is 16.5. The Hall–Kier alpha value is -2.60. The van der Waals surface area contributed by atoms with Gasteiger partial charge in [0, 0.05) is 37.6 Å². The van der Waals surface area contributed by atoms with E-state index in [9.17, 15) is 9.59 Å². The molecule has 1 aliphatic heterocycles. The average molecular weight is 383 g/mol. The van der Waals surface area contributed by atoms with Gasteiger partial charge in [0.15, 0.2) is 5.78 Å². The molecule has 1 saturated heterocycles. The predicted octanol–water partition coefficient (Wildman–Crippen LogP) is 3.12. The Morgan fingerprint density at radius 1 is 1.07 bits per heavy atom. The summed E-state index contributed by atoms with van der Waals surface area (Å²) in [6.45, 7) is 11.6. The standard InChI is InChI=1S/C22H29N3O3/c1-5-28-22(27)20-16(3)21(23-17(20)4)19(26)14-24-10-12-25(13-11-24)18-9-7-6-8-15(18)2/h6-9,23H,5,10-14H2,1-4H3. The Morgan fingerprint density at radius 2 is 1.75 bits per heavy atom. The van der Waals surface area contributed by atoms with E-state index in [4.69, 9.17) is 4.74 Å². The highest BCUT2D eigenvalue weighted by Gasteiger charge is 2.25. The molecule has 0 saturated carbocycles. The number of nitrogens with zero attached hydrogens (tertiary/aromatic N) is 2. The molecule has 1 fully saturated rings. The summed E-state index contributed by atoms with van der Waals surface area (Å²) < 4.78 is 5.11. The van der Waals surface area contributed by atoms with Crippen LogP contribution in [0, 0.1) is 20.8 Å². The van der Waals surface area contributed by atoms with Crippen molar-refractivity contribution in [1.29, 1.82) is 0 Å². The SMILES string of the molecule is CCOC(=O)c1c(C)[nH]c(C(=O)CN2CCN(c3ccccc3C)CC2)c1C. The molecule has 1 N–H and O–H groups in total. The Kier molecular flexibility index (Phi) is 6.19. The topological polar surface area (TPSA) is 65.6 Å². The molecule has 0 aliphatic carbocycles. The van der Waals surface area contributed by atoms with E-state index < -0.39 is 0 Å². The highest BCUT2D eigenvalue weighted by molar-refractivity contribution is 6.02. The highest BCUT2D eigenvalue weighted by Crippen LogP contribution is 2.22. The number of anilines is 1. The van der Waals surface area contributed by atoms with Crippen LogP contribution in [0.15, 0.2) is 24.3 Å². The maximum atomic E-state index is 12.8. The number of hydrogen-bond acceptors (Lipinski definition) is 5. The molecule has 0 radical (unpaired) electrons. The number of rotatable bonds is 6. The van der Waals surface area contributed by atoms with Gasteiger partial charge in [-0.05, 0) is 44.9 Å². The van der Waals surface area contributed by atoms with Crippen LogP contribution in [0.5, 0.6) is 0 Å². The maximum Gasteiger partial charge on any atom is 0.340 e. The Bertz CT molecular complexity index is 864. The van der Waals surface area contributed by atoms with Crippen LogP contribution in [0.2, 0.25) is 0 Å². The van der Waals surface area contributed by atoms with Crippen molar-refractivity contribution in [2.75, 3.05) is 44.2 Å². The molecule has 0 unspecified atom stereocenters. The number of Topliss-reactive ketones (excluding diaryl/α,β-unsaturated/α-hetero) is 1. The normalized spacial score (nSPS) is 14.9. The summed E-state index contributed by atoms with van der Waals surface area (Å²) in [5.74, 6) is -0.361. The average Bonchev–Trinajstić information content (AvgIpc) is 2.97. The van der Waals surface area contributed by atoms with Crippen LogP contribution in [-0.4, -0.2) is 61.0 Å². The van der Waals surface area contributed by atoms with Gasteiger partial charge in [0.05, 0.1) is 24.4 Å². The van der Waals surface area contributed by atoms with Gasteiger partial charge in [-0.1, -0.05) is 18.2 Å². The van der Waals surface area contributed by atoms with Crippen LogP contribution in [0.25, 0.3) is 0 Å². The first-order valence-electron chi connectivity index (χ1n) is 9.84. The molecule has 6 heteroatoms. The number of carbonyl (C=O) groups excluding carboxylic acids is 2. The van der Waals surface area contributed by atoms with E-state index in [0.29, 0.717) is 35.7 Å². The second kappa shape index (κ2) is 8.61. The summed E-state index contributed by atoms with van der Waals surface area (Å²) >= 11 is 0. The predicted molar refractivity (Wildman–Crippen MR) is 110 cm³/mol. The third-order valence-corrected chi connectivity index (χ3v) is 5.39. The third kappa shape index (κ3) is 4.12. The molecule has 1 aromatic heterocycles. The van der Waals surface area contributed by atoms with Gasteiger partial charge in [-0.3, -0.25) is 9.69 Å². The summed E-state index contributed by atoms with van der Waals surface area (Å²) in [5, 5.41) is 0. The van der Waals surface area contributed by atoms with Gasteiger partial charge in [0.25, 0.3) is 0 Å². The van der Waals surface area contributed by atoms with Gasteiger partial charge >= 0.3 is 5.97 Å². The molecule has 1 aromatic carbocycles. The fourth-order valence-corrected chi connectivity index (χ4v) is 3.89. The van der Waals surface area contributed by atoms with Gasteiger partial charge in [-0.25, -0.2) is 4.79 Å².